The Bertz CT molecular complexity index is 148. The van der Waals surface area contributed by atoms with E-state index in [4.69, 9.17) is 5.73 Å². The van der Waals surface area contributed by atoms with E-state index in [2.05, 4.69) is 13.8 Å². The summed E-state index contributed by atoms with van der Waals surface area (Å²) in [4.78, 5) is 11.3. The molecule has 0 spiro atoms. The van der Waals surface area contributed by atoms with Gasteiger partial charge in [-0.05, 0) is 18.8 Å². The van der Waals surface area contributed by atoms with E-state index in [-0.39, 0.29) is 0 Å². The molecule has 0 unspecified atom stereocenters. The van der Waals surface area contributed by atoms with Crippen LogP contribution in [0.25, 0.3) is 0 Å². The van der Waals surface area contributed by atoms with Crippen molar-refractivity contribution >= 4 is 5.78 Å². The van der Waals surface area contributed by atoms with Gasteiger partial charge in [-0.2, -0.15) is 0 Å². The summed E-state index contributed by atoms with van der Waals surface area (Å²) in [6.07, 6.45) is 2.58. The van der Waals surface area contributed by atoms with Crippen LogP contribution in [0.4, 0.5) is 0 Å². The van der Waals surface area contributed by atoms with Gasteiger partial charge < -0.3 is 5.73 Å². The number of hydrogen-bond acceptors (Lipinski definition) is 2. The quantitative estimate of drug-likeness (QED) is 0.668. The zero-order valence-electron chi connectivity index (χ0n) is 7.34. The fourth-order valence-electron chi connectivity index (χ4n) is 1.49. The molecule has 2 heteroatoms. The fraction of sp³-hybridized carbons (Fsp3) is 0.889. The monoisotopic (exact) mass is 155 g/mol. The predicted molar refractivity (Wildman–Crippen MR) is 45.2 cm³/mol. The Labute approximate surface area is 68.2 Å². The molecule has 1 saturated carbocycles. The summed E-state index contributed by atoms with van der Waals surface area (Å²) < 4.78 is 0. The van der Waals surface area contributed by atoms with Crippen LogP contribution in [0.5, 0.6) is 0 Å². The minimum atomic E-state index is 0.299. The van der Waals surface area contributed by atoms with E-state index >= 15 is 0 Å². The summed E-state index contributed by atoms with van der Waals surface area (Å²) in [5.74, 6) is 1.22. The molecule has 0 bridgehead atoms. The van der Waals surface area contributed by atoms with E-state index in [1.54, 1.807) is 0 Å². The lowest BCUT2D eigenvalue weighted by molar-refractivity contribution is -0.126. The molecule has 1 rings (SSSR count). The maximum atomic E-state index is 11.3. The molecule has 1 aliphatic rings. The Hall–Kier alpha value is -0.370. The lowest BCUT2D eigenvalue weighted by Crippen LogP contribution is -2.40. The van der Waals surface area contributed by atoms with Gasteiger partial charge in [0.15, 0.2) is 0 Å². The first-order valence-electron chi connectivity index (χ1n) is 4.38. The molecule has 1 fully saturated rings. The van der Waals surface area contributed by atoms with Crippen molar-refractivity contribution in [2.24, 2.45) is 17.6 Å². The molecule has 0 atom stereocenters. The summed E-state index contributed by atoms with van der Waals surface area (Å²) in [6, 6.07) is 0.302. The molecule has 0 radical (unpaired) electrons. The van der Waals surface area contributed by atoms with Crippen molar-refractivity contribution in [1.29, 1.82) is 0 Å². The van der Waals surface area contributed by atoms with Crippen LogP contribution in [0.15, 0.2) is 0 Å². The number of rotatable bonds is 3. The number of ketones is 1. The Morgan fingerprint density at radius 3 is 2.45 bits per heavy atom. The van der Waals surface area contributed by atoms with Crippen LogP contribution >= 0.6 is 0 Å². The van der Waals surface area contributed by atoms with Crippen molar-refractivity contribution in [2.45, 2.75) is 39.2 Å². The first-order valence-corrected chi connectivity index (χ1v) is 4.38. The lowest BCUT2D eigenvalue weighted by atomic mass is 9.76. The molecular formula is C9H17NO. The molecule has 11 heavy (non-hydrogen) atoms. The normalized spacial score (nSPS) is 30.2. The molecule has 2 nitrogen and oxygen atoms in total. The van der Waals surface area contributed by atoms with Gasteiger partial charge in [0.25, 0.3) is 0 Å². The zero-order chi connectivity index (χ0) is 8.43. The third-order valence-corrected chi connectivity index (χ3v) is 2.24. The minimum Gasteiger partial charge on any atom is -0.328 e. The van der Waals surface area contributed by atoms with Crippen LogP contribution in [-0.4, -0.2) is 11.8 Å². The molecule has 2 N–H and O–H groups in total. The number of Topliss-reactive ketones (excluding diaryl/α,β-unsaturated/α-hetero) is 1. The Morgan fingerprint density at radius 2 is 2.09 bits per heavy atom. The second kappa shape index (κ2) is 3.35. The molecular weight excluding hydrogens is 138 g/mol. The average Bonchev–Trinajstić information content (AvgIpc) is 1.79. The highest BCUT2D eigenvalue weighted by Gasteiger charge is 2.31. The van der Waals surface area contributed by atoms with Crippen LogP contribution in [-0.2, 0) is 4.79 Å². The number of carbonyl (C=O) groups excluding carboxylic acids is 1. The summed E-state index contributed by atoms with van der Waals surface area (Å²) in [5.41, 5.74) is 5.59. The van der Waals surface area contributed by atoms with Crippen molar-refractivity contribution in [3.63, 3.8) is 0 Å². The van der Waals surface area contributed by atoms with Crippen LogP contribution in [0.3, 0.4) is 0 Å². The third-order valence-electron chi connectivity index (χ3n) is 2.24. The van der Waals surface area contributed by atoms with E-state index in [1.165, 1.54) is 0 Å². The van der Waals surface area contributed by atoms with Gasteiger partial charge in [-0.1, -0.05) is 13.8 Å². The second-order valence-corrected chi connectivity index (χ2v) is 3.99. The smallest absolute Gasteiger partial charge is 0.136 e. The molecule has 0 saturated heterocycles. The van der Waals surface area contributed by atoms with E-state index in [0.29, 0.717) is 23.7 Å². The van der Waals surface area contributed by atoms with Crippen molar-refractivity contribution in [3.8, 4) is 0 Å². The topological polar surface area (TPSA) is 43.1 Å². The fourth-order valence-corrected chi connectivity index (χ4v) is 1.49. The van der Waals surface area contributed by atoms with Crippen LogP contribution in [0, 0.1) is 11.8 Å². The summed E-state index contributed by atoms with van der Waals surface area (Å²) in [6.45, 7) is 4.16. The molecule has 64 valence electrons. The molecule has 0 heterocycles. The molecule has 1 aliphatic carbocycles. The van der Waals surface area contributed by atoms with E-state index < -0.39 is 0 Å². The molecule has 0 aromatic rings. The van der Waals surface area contributed by atoms with E-state index in [9.17, 15) is 4.79 Å². The van der Waals surface area contributed by atoms with E-state index in [0.717, 1.165) is 19.3 Å². The maximum absolute atomic E-state index is 11.3. The van der Waals surface area contributed by atoms with Gasteiger partial charge in [-0.25, -0.2) is 0 Å². The first kappa shape index (κ1) is 8.72. The molecule has 0 aromatic heterocycles. The molecule has 0 aliphatic heterocycles. The number of carbonyl (C=O) groups is 1. The van der Waals surface area contributed by atoms with Gasteiger partial charge in [0.2, 0.25) is 0 Å². The van der Waals surface area contributed by atoms with Gasteiger partial charge >= 0.3 is 0 Å². The third kappa shape index (κ3) is 2.29. The van der Waals surface area contributed by atoms with Gasteiger partial charge in [-0.3, -0.25) is 4.79 Å². The SMILES string of the molecule is CC(C)CC(=O)C1CC(N)C1. The molecule has 0 aromatic carbocycles. The summed E-state index contributed by atoms with van der Waals surface area (Å²) in [5, 5.41) is 0. The zero-order valence-corrected chi connectivity index (χ0v) is 7.34. The highest BCUT2D eigenvalue weighted by molar-refractivity contribution is 5.82. The Balaban J connectivity index is 2.21. The van der Waals surface area contributed by atoms with Crippen LogP contribution < -0.4 is 5.73 Å². The van der Waals surface area contributed by atoms with Gasteiger partial charge in [0.1, 0.15) is 5.78 Å². The van der Waals surface area contributed by atoms with E-state index in [1.807, 2.05) is 0 Å². The van der Waals surface area contributed by atoms with Crippen molar-refractivity contribution in [3.05, 3.63) is 0 Å². The first-order chi connectivity index (χ1) is 5.09. The van der Waals surface area contributed by atoms with Crippen LogP contribution in [0.2, 0.25) is 0 Å². The minimum absolute atomic E-state index is 0.299. The standard InChI is InChI=1S/C9H17NO/c1-6(2)3-9(11)7-4-8(10)5-7/h6-8H,3-5,10H2,1-2H3. The van der Waals surface area contributed by atoms with Gasteiger partial charge in [-0.15, -0.1) is 0 Å². The highest BCUT2D eigenvalue weighted by atomic mass is 16.1. The van der Waals surface area contributed by atoms with Gasteiger partial charge in [0.05, 0.1) is 0 Å². The van der Waals surface area contributed by atoms with Crippen molar-refractivity contribution in [2.75, 3.05) is 0 Å². The summed E-state index contributed by atoms with van der Waals surface area (Å²) >= 11 is 0. The summed E-state index contributed by atoms with van der Waals surface area (Å²) in [7, 11) is 0. The Kier molecular flexibility index (Phi) is 2.66. The highest BCUT2D eigenvalue weighted by Crippen LogP contribution is 2.28. The maximum Gasteiger partial charge on any atom is 0.136 e. The van der Waals surface area contributed by atoms with Crippen LogP contribution in [0.1, 0.15) is 33.1 Å². The average molecular weight is 155 g/mol. The van der Waals surface area contributed by atoms with Gasteiger partial charge in [0, 0.05) is 18.4 Å². The second-order valence-electron chi connectivity index (χ2n) is 3.99. The Morgan fingerprint density at radius 1 is 1.55 bits per heavy atom. The molecule has 0 amide bonds. The number of nitrogens with two attached hydrogens (primary N) is 1. The van der Waals surface area contributed by atoms with Crippen molar-refractivity contribution in [1.82, 2.24) is 0 Å². The lowest BCUT2D eigenvalue weighted by Gasteiger charge is -2.31. The number of hydrogen-bond donors (Lipinski definition) is 1. The predicted octanol–water partition coefficient (Wildman–Crippen LogP) is 1.34. The van der Waals surface area contributed by atoms with Crippen molar-refractivity contribution < 1.29 is 4.79 Å². The largest absolute Gasteiger partial charge is 0.328 e.